The molecule has 0 unspecified atom stereocenters. The van der Waals surface area contributed by atoms with Crippen molar-refractivity contribution in [2.24, 2.45) is 0 Å². The Bertz CT molecular complexity index is 288. The first-order valence-electron chi connectivity index (χ1n) is 3.53. The highest BCUT2D eigenvalue weighted by Gasteiger charge is 1.99. The SMILES string of the molecule is CC(=O)NCc1cnccc1Cl. The highest BCUT2D eigenvalue weighted by atomic mass is 35.5. The van der Waals surface area contributed by atoms with Crippen LogP contribution in [-0.4, -0.2) is 10.9 Å². The summed E-state index contributed by atoms with van der Waals surface area (Å²) >= 11 is 5.82. The lowest BCUT2D eigenvalue weighted by Gasteiger charge is -2.02. The van der Waals surface area contributed by atoms with E-state index in [0.29, 0.717) is 11.6 Å². The molecule has 12 heavy (non-hydrogen) atoms. The van der Waals surface area contributed by atoms with Gasteiger partial charge in [0.25, 0.3) is 0 Å². The van der Waals surface area contributed by atoms with Crippen LogP contribution in [0.25, 0.3) is 0 Å². The molecule has 0 radical (unpaired) electrons. The van der Waals surface area contributed by atoms with Crippen molar-refractivity contribution in [2.45, 2.75) is 13.5 Å². The molecule has 1 heterocycles. The van der Waals surface area contributed by atoms with E-state index in [0.717, 1.165) is 5.56 Å². The Kier molecular flexibility index (Phi) is 3.05. The Labute approximate surface area is 75.8 Å². The fourth-order valence-electron chi connectivity index (χ4n) is 0.760. The van der Waals surface area contributed by atoms with E-state index in [-0.39, 0.29) is 5.91 Å². The lowest BCUT2D eigenvalue weighted by atomic mass is 10.3. The number of rotatable bonds is 2. The summed E-state index contributed by atoms with van der Waals surface area (Å²) in [7, 11) is 0. The van der Waals surface area contributed by atoms with Gasteiger partial charge in [-0.1, -0.05) is 11.6 Å². The Balaban J connectivity index is 2.63. The van der Waals surface area contributed by atoms with Crippen molar-refractivity contribution in [3.8, 4) is 0 Å². The van der Waals surface area contributed by atoms with Crippen LogP contribution in [-0.2, 0) is 11.3 Å². The zero-order chi connectivity index (χ0) is 8.97. The number of carbonyl (C=O) groups is 1. The third-order valence-corrected chi connectivity index (χ3v) is 1.74. The number of hydrogen-bond donors (Lipinski definition) is 1. The maximum atomic E-state index is 10.6. The molecule has 1 N–H and O–H groups in total. The molecule has 0 aliphatic rings. The van der Waals surface area contributed by atoms with Gasteiger partial charge in [0.05, 0.1) is 0 Å². The highest BCUT2D eigenvalue weighted by molar-refractivity contribution is 6.31. The van der Waals surface area contributed by atoms with Gasteiger partial charge in [-0.15, -0.1) is 0 Å². The summed E-state index contributed by atoms with van der Waals surface area (Å²) in [5.41, 5.74) is 0.828. The smallest absolute Gasteiger partial charge is 0.217 e. The minimum atomic E-state index is -0.0741. The van der Waals surface area contributed by atoms with Crippen molar-refractivity contribution in [3.05, 3.63) is 29.0 Å². The molecule has 0 atom stereocenters. The topological polar surface area (TPSA) is 42.0 Å². The molecule has 0 spiro atoms. The molecule has 0 fully saturated rings. The molecule has 1 amide bonds. The zero-order valence-electron chi connectivity index (χ0n) is 6.67. The monoisotopic (exact) mass is 184 g/mol. The van der Waals surface area contributed by atoms with Gasteiger partial charge in [-0.2, -0.15) is 0 Å². The van der Waals surface area contributed by atoms with E-state index in [2.05, 4.69) is 10.3 Å². The van der Waals surface area contributed by atoms with Crippen LogP contribution in [0.15, 0.2) is 18.5 Å². The lowest BCUT2D eigenvalue weighted by molar-refractivity contribution is -0.119. The van der Waals surface area contributed by atoms with Crippen LogP contribution >= 0.6 is 11.6 Å². The third-order valence-electron chi connectivity index (χ3n) is 1.37. The van der Waals surface area contributed by atoms with Crippen molar-refractivity contribution < 1.29 is 4.79 Å². The second-order valence-electron chi connectivity index (χ2n) is 2.38. The quantitative estimate of drug-likeness (QED) is 0.755. The average Bonchev–Trinajstić information content (AvgIpc) is 2.03. The minimum absolute atomic E-state index is 0.0741. The predicted octanol–water partition coefficient (Wildman–Crippen LogP) is 1.37. The first-order valence-corrected chi connectivity index (χ1v) is 3.91. The molecule has 1 aromatic heterocycles. The van der Waals surface area contributed by atoms with Gasteiger partial charge < -0.3 is 5.32 Å². The Morgan fingerprint density at radius 2 is 2.50 bits per heavy atom. The van der Waals surface area contributed by atoms with Crippen molar-refractivity contribution >= 4 is 17.5 Å². The number of amides is 1. The van der Waals surface area contributed by atoms with E-state index < -0.39 is 0 Å². The molecule has 0 saturated carbocycles. The second-order valence-corrected chi connectivity index (χ2v) is 2.78. The number of carbonyl (C=O) groups excluding carboxylic acids is 1. The van der Waals surface area contributed by atoms with Gasteiger partial charge >= 0.3 is 0 Å². The van der Waals surface area contributed by atoms with E-state index in [4.69, 9.17) is 11.6 Å². The summed E-state index contributed by atoms with van der Waals surface area (Å²) in [6.45, 7) is 1.90. The highest BCUT2D eigenvalue weighted by Crippen LogP contribution is 2.12. The van der Waals surface area contributed by atoms with E-state index in [9.17, 15) is 4.79 Å². The summed E-state index contributed by atoms with van der Waals surface area (Å²) in [4.78, 5) is 14.4. The second kappa shape index (κ2) is 4.07. The molecule has 1 rings (SSSR count). The van der Waals surface area contributed by atoms with Crippen LogP contribution in [0.3, 0.4) is 0 Å². The maximum Gasteiger partial charge on any atom is 0.217 e. The zero-order valence-corrected chi connectivity index (χ0v) is 7.43. The van der Waals surface area contributed by atoms with Gasteiger partial charge in [-0.3, -0.25) is 9.78 Å². The molecule has 0 aliphatic heterocycles. The fraction of sp³-hybridized carbons (Fsp3) is 0.250. The Hall–Kier alpha value is -1.09. The van der Waals surface area contributed by atoms with Crippen LogP contribution in [0.4, 0.5) is 0 Å². The van der Waals surface area contributed by atoms with Gasteiger partial charge in [0, 0.05) is 36.4 Å². The standard InChI is InChI=1S/C8H9ClN2O/c1-6(12)11-5-7-4-10-3-2-8(7)9/h2-4H,5H2,1H3,(H,11,12). The molecule has 1 aromatic rings. The Morgan fingerprint density at radius 3 is 3.08 bits per heavy atom. The van der Waals surface area contributed by atoms with E-state index >= 15 is 0 Å². The number of pyridine rings is 1. The molecule has 64 valence electrons. The largest absolute Gasteiger partial charge is 0.352 e. The summed E-state index contributed by atoms with van der Waals surface area (Å²) in [5.74, 6) is -0.0741. The normalized spacial score (nSPS) is 9.50. The first-order chi connectivity index (χ1) is 5.70. The van der Waals surface area contributed by atoms with E-state index in [1.807, 2.05) is 0 Å². The molecule has 0 bridgehead atoms. The van der Waals surface area contributed by atoms with Crippen molar-refractivity contribution in [1.29, 1.82) is 0 Å². The van der Waals surface area contributed by atoms with E-state index in [1.165, 1.54) is 6.92 Å². The predicted molar refractivity (Wildman–Crippen MR) is 46.8 cm³/mol. The summed E-state index contributed by atoms with van der Waals surface area (Å²) in [6, 6.07) is 1.69. The van der Waals surface area contributed by atoms with Gasteiger partial charge in [0.1, 0.15) is 0 Å². The van der Waals surface area contributed by atoms with Crippen molar-refractivity contribution in [2.75, 3.05) is 0 Å². The van der Waals surface area contributed by atoms with Crippen LogP contribution < -0.4 is 5.32 Å². The minimum Gasteiger partial charge on any atom is -0.352 e. The lowest BCUT2D eigenvalue weighted by Crippen LogP contribution is -2.19. The summed E-state index contributed by atoms with van der Waals surface area (Å²) in [6.07, 6.45) is 3.25. The number of halogens is 1. The molecule has 0 saturated heterocycles. The van der Waals surface area contributed by atoms with Crippen LogP contribution in [0.2, 0.25) is 5.02 Å². The summed E-state index contributed by atoms with van der Waals surface area (Å²) < 4.78 is 0. The number of hydrogen-bond acceptors (Lipinski definition) is 2. The number of nitrogens with zero attached hydrogens (tertiary/aromatic N) is 1. The average molecular weight is 185 g/mol. The van der Waals surface area contributed by atoms with Gasteiger partial charge in [-0.25, -0.2) is 0 Å². The first kappa shape index (κ1) is 9.00. The third kappa shape index (κ3) is 2.51. The molecular formula is C8H9ClN2O. The number of nitrogens with one attached hydrogen (secondary N) is 1. The van der Waals surface area contributed by atoms with Crippen LogP contribution in [0.5, 0.6) is 0 Å². The number of aromatic nitrogens is 1. The summed E-state index contributed by atoms with van der Waals surface area (Å²) in [5, 5.41) is 3.26. The fourth-order valence-corrected chi connectivity index (χ4v) is 0.932. The van der Waals surface area contributed by atoms with Crippen LogP contribution in [0, 0.1) is 0 Å². The van der Waals surface area contributed by atoms with Crippen LogP contribution in [0.1, 0.15) is 12.5 Å². The molecule has 3 nitrogen and oxygen atoms in total. The molecule has 0 aromatic carbocycles. The Morgan fingerprint density at radius 1 is 1.75 bits per heavy atom. The van der Waals surface area contributed by atoms with Gasteiger partial charge in [-0.05, 0) is 6.07 Å². The van der Waals surface area contributed by atoms with Crippen molar-refractivity contribution in [1.82, 2.24) is 10.3 Å². The van der Waals surface area contributed by atoms with Gasteiger partial charge in [0.15, 0.2) is 0 Å². The maximum absolute atomic E-state index is 10.6. The molecule has 0 aliphatic carbocycles. The molecule has 4 heteroatoms. The van der Waals surface area contributed by atoms with Crippen molar-refractivity contribution in [3.63, 3.8) is 0 Å². The van der Waals surface area contributed by atoms with E-state index in [1.54, 1.807) is 18.5 Å². The molecular weight excluding hydrogens is 176 g/mol. The van der Waals surface area contributed by atoms with Gasteiger partial charge in [0.2, 0.25) is 5.91 Å².